The van der Waals surface area contributed by atoms with Crippen LogP contribution >= 0.6 is 11.6 Å². The number of sulfonamides is 1. The topological polar surface area (TPSA) is 79.4 Å². The highest BCUT2D eigenvalue weighted by Gasteiger charge is 2.21. The number of anilines is 1. The molecule has 134 valence electrons. The van der Waals surface area contributed by atoms with Gasteiger partial charge in [-0.3, -0.25) is 9.78 Å². The maximum Gasteiger partial charge on any atom is 0.239 e. The minimum absolute atomic E-state index is 0.0926. The van der Waals surface area contributed by atoms with Crippen LogP contribution in [0.3, 0.4) is 0 Å². The number of nitrogens with zero attached hydrogens (tertiary/aromatic N) is 2. The Labute approximate surface area is 152 Å². The molecule has 0 bridgehead atoms. The summed E-state index contributed by atoms with van der Waals surface area (Å²) in [6.07, 6.45) is 4.22. The third kappa shape index (κ3) is 5.52. The van der Waals surface area contributed by atoms with E-state index in [9.17, 15) is 13.2 Å². The third-order valence-corrected chi connectivity index (χ3v) is 5.09. The largest absolute Gasteiger partial charge is 0.323 e. The summed E-state index contributed by atoms with van der Waals surface area (Å²) in [7, 11) is -3.56. The first-order valence-electron chi connectivity index (χ1n) is 7.57. The van der Waals surface area contributed by atoms with Gasteiger partial charge in [0.15, 0.2) is 0 Å². The van der Waals surface area contributed by atoms with E-state index in [2.05, 4.69) is 10.3 Å². The molecule has 0 fully saturated rings. The number of nitrogens with one attached hydrogen (secondary N) is 1. The minimum atomic E-state index is -3.56. The molecule has 0 atom stereocenters. The fourth-order valence-corrected chi connectivity index (χ4v) is 3.50. The van der Waals surface area contributed by atoms with Crippen LogP contribution in [-0.4, -0.2) is 36.4 Å². The van der Waals surface area contributed by atoms with Gasteiger partial charge in [0.2, 0.25) is 15.9 Å². The fourth-order valence-electron chi connectivity index (χ4n) is 2.40. The van der Waals surface area contributed by atoms with Crippen molar-refractivity contribution in [3.8, 4) is 0 Å². The number of carbonyl (C=O) groups excluding carboxylic acids is 1. The number of halogens is 1. The van der Waals surface area contributed by atoms with Crippen molar-refractivity contribution in [2.75, 3.05) is 18.1 Å². The fraction of sp³-hybridized carbons (Fsp3) is 0.294. The average molecular weight is 382 g/mol. The van der Waals surface area contributed by atoms with E-state index < -0.39 is 15.9 Å². The van der Waals surface area contributed by atoms with Gasteiger partial charge in [0.05, 0.1) is 23.5 Å². The highest BCUT2D eigenvalue weighted by molar-refractivity contribution is 7.88. The quantitative estimate of drug-likeness (QED) is 0.834. The SMILES string of the molecule is Cc1cc(C)c(NC(=O)CN(Cc2ccncc2)S(C)(=O)=O)c(Cl)c1. The Morgan fingerprint density at radius 2 is 1.88 bits per heavy atom. The number of hydrogen-bond acceptors (Lipinski definition) is 4. The Morgan fingerprint density at radius 1 is 1.24 bits per heavy atom. The lowest BCUT2D eigenvalue weighted by atomic mass is 10.1. The summed E-state index contributed by atoms with van der Waals surface area (Å²) in [5.41, 5.74) is 3.04. The van der Waals surface area contributed by atoms with E-state index in [-0.39, 0.29) is 13.1 Å². The van der Waals surface area contributed by atoms with Crippen LogP contribution in [0.15, 0.2) is 36.7 Å². The molecule has 1 aromatic carbocycles. The van der Waals surface area contributed by atoms with Gasteiger partial charge in [0.25, 0.3) is 0 Å². The van der Waals surface area contributed by atoms with Gasteiger partial charge >= 0.3 is 0 Å². The first kappa shape index (κ1) is 19.4. The molecule has 0 unspecified atom stereocenters. The summed E-state index contributed by atoms with van der Waals surface area (Å²) in [5.74, 6) is -0.451. The van der Waals surface area contributed by atoms with Crippen molar-refractivity contribution in [2.45, 2.75) is 20.4 Å². The van der Waals surface area contributed by atoms with E-state index in [1.54, 1.807) is 30.6 Å². The summed E-state index contributed by atoms with van der Waals surface area (Å²) in [4.78, 5) is 16.3. The van der Waals surface area contributed by atoms with Crippen LogP contribution in [0.25, 0.3) is 0 Å². The number of amides is 1. The molecule has 0 aliphatic heterocycles. The molecule has 0 radical (unpaired) electrons. The van der Waals surface area contributed by atoms with Crippen LogP contribution in [0.2, 0.25) is 5.02 Å². The second-order valence-electron chi connectivity index (χ2n) is 5.87. The van der Waals surface area contributed by atoms with Crippen LogP contribution in [0.1, 0.15) is 16.7 Å². The van der Waals surface area contributed by atoms with Crippen LogP contribution in [-0.2, 0) is 21.4 Å². The average Bonchev–Trinajstić information content (AvgIpc) is 2.50. The van der Waals surface area contributed by atoms with Crippen LogP contribution in [0.5, 0.6) is 0 Å². The Morgan fingerprint density at radius 3 is 2.44 bits per heavy atom. The molecule has 0 spiro atoms. The molecule has 1 heterocycles. The summed E-state index contributed by atoms with van der Waals surface area (Å²) in [6, 6.07) is 7.05. The van der Waals surface area contributed by atoms with Gasteiger partial charge in [-0.05, 0) is 48.7 Å². The molecule has 8 heteroatoms. The van der Waals surface area contributed by atoms with Crippen molar-refractivity contribution in [3.05, 3.63) is 58.4 Å². The number of hydrogen-bond donors (Lipinski definition) is 1. The van der Waals surface area contributed by atoms with Crippen molar-refractivity contribution < 1.29 is 13.2 Å². The molecular weight excluding hydrogens is 362 g/mol. The molecule has 1 amide bonds. The second-order valence-corrected chi connectivity index (χ2v) is 8.26. The lowest BCUT2D eigenvalue weighted by Crippen LogP contribution is -2.37. The number of aryl methyl sites for hydroxylation is 2. The lowest BCUT2D eigenvalue weighted by Gasteiger charge is -2.20. The summed E-state index contributed by atoms with van der Waals surface area (Å²) < 4.78 is 25.1. The van der Waals surface area contributed by atoms with Gasteiger partial charge in [0.1, 0.15) is 0 Å². The van der Waals surface area contributed by atoms with Crippen LogP contribution in [0.4, 0.5) is 5.69 Å². The Hall–Kier alpha value is -1.96. The predicted octanol–water partition coefficient (Wildman–Crippen LogP) is 2.75. The van der Waals surface area contributed by atoms with E-state index in [0.717, 1.165) is 27.3 Å². The predicted molar refractivity (Wildman–Crippen MR) is 99.0 cm³/mol. The molecular formula is C17H20ClN3O3S. The molecule has 0 saturated heterocycles. The smallest absolute Gasteiger partial charge is 0.239 e. The van der Waals surface area contributed by atoms with Crippen molar-refractivity contribution in [1.29, 1.82) is 0 Å². The normalized spacial score (nSPS) is 11.6. The number of rotatable bonds is 6. The number of aromatic nitrogens is 1. The van der Waals surface area contributed by atoms with Gasteiger partial charge in [0, 0.05) is 18.9 Å². The van der Waals surface area contributed by atoms with E-state index in [4.69, 9.17) is 11.6 Å². The van der Waals surface area contributed by atoms with E-state index in [1.165, 1.54) is 0 Å². The van der Waals surface area contributed by atoms with Crippen molar-refractivity contribution >= 4 is 33.2 Å². The van der Waals surface area contributed by atoms with E-state index >= 15 is 0 Å². The molecule has 25 heavy (non-hydrogen) atoms. The molecule has 1 N–H and O–H groups in total. The third-order valence-electron chi connectivity index (χ3n) is 3.59. The standard InChI is InChI=1S/C17H20ClN3O3S/c1-12-8-13(2)17(15(18)9-12)20-16(22)11-21(25(3,23)24)10-14-4-6-19-7-5-14/h4-9H,10-11H2,1-3H3,(H,20,22). The van der Waals surface area contributed by atoms with Gasteiger partial charge in [-0.1, -0.05) is 17.7 Å². The lowest BCUT2D eigenvalue weighted by molar-refractivity contribution is -0.116. The molecule has 0 aliphatic carbocycles. The van der Waals surface area contributed by atoms with Crippen molar-refractivity contribution in [2.24, 2.45) is 0 Å². The maximum atomic E-state index is 12.4. The van der Waals surface area contributed by atoms with Crippen molar-refractivity contribution in [1.82, 2.24) is 9.29 Å². The summed E-state index contributed by atoms with van der Waals surface area (Å²) in [5, 5.41) is 3.13. The second kappa shape index (κ2) is 7.95. The van der Waals surface area contributed by atoms with Gasteiger partial charge in [-0.2, -0.15) is 4.31 Å². The molecule has 1 aromatic heterocycles. The van der Waals surface area contributed by atoms with Gasteiger partial charge in [-0.25, -0.2) is 8.42 Å². The van der Waals surface area contributed by atoms with Crippen molar-refractivity contribution in [3.63, 3.8) is 0 Å². The maximum absolute atomic E-state index is 12.4. The van der Waals surface area contributed by atoms with Gasteiger partial charge < -0.3 is 5.32 Å². The zero-order chi connectivity index (χ0) is 18.6. The molecule has 6 nitrogen and oxygen atoms in total. The first-order valence-corrected chi connectivity index (χ1v) is 9.80. The number of carbonyl (C=O) groups is 1. The van der Waals surface area contributed by atoms with Crippen LogP contribution < -0.4 is 5.32 Å². The van der Waals surface area contributed by atoms with E-state index in [1.807, 2.05) is 19.9 Å². The molecule has 2 aromatic rings. The Balaban J connectivity index is 2.15. The Bertz CT molecular complexity index is 847. The van der Waals surface area contributed by atoms with E-state index in [0.29, 0.717) is 10.7 Å². The zero-order valence-electron chi connectivity index (χ0n) is 14.3. The molecule has 0 aliphatic rings. The van der Waals surface area contributed by atoms with Gasteiger partial charge in [-0.15, -0.1) is 0 Å². The Kier molecular flexibility index (Phi) is 6.16. The first-order chi connectivity index (χ1) is 11.7. The highest BCUT2D eigenvalue weighted by Crippen LogP contribution is 2.27. The minimum Gasteiger partial charge on any atom is -0.323 e. The monoisotopic (exact) mass is 381 g/mol. The number of benzene rings is 1. The van der Waals surface area contributed by atoms with Crippen LogP contribution in [0, 0.1) is 13.8 Å². The molecule has 2 rings (SSSR count). The zero-order valence-corrected chi connectivity index (χ0v) is 15.9. The summed E-state index contributed by atoms with van der Waals surface area (Å²) in [6.45, 7) is 3.53. The number of pyridine rings is 1. The summed E-state index contributed by atoms with van der Waals surface area (Å²) >= 11 is 6.18. The molecule has 0 saturated carbocycles. The highest BCUT2D eigenvalue weighted by atomic mass is 35.5.